The van der Waals surface area contributed by atoms with E-state index in [1.807, 2.05) is 13.8 Å². The van der Waals surface area contributed by atoms with Crippen molar-refractivity contribution in [3.63, 3.8) is 0 Å². The normalized spacial score (nSPS) is 14.1. The molecule has 0 fully saturated rings. The van der Waals surface area contributed by atoms with Crippen molar-refractivity contribution in [3.8, 4) is 0 Å². The van der Waals surface area contributed by atoms with Crippen LogP contribution in [0.15, 0.2) is 48.5 Å². The fourth-order valence-corrected chi connectivity index (χ4v) is 5.26. The molecule has 0 bridgehead atoms. The second kappa shape index (κ2) is 13.9. The van der Waals surface area contributed by atoms with E-state index in [-0.39, 0.29) is 23.0 Å². The number of rotatable bonds is 17. The van der Waals surface area contributed by atoms with Crippen molar-refractivity contribution >= 4 is 0 Å². The van der Waals surface area contributed by atoms with Gasteiger partial charge in [0.15, 0.2) is 0 Å². The van der Waals surface area contributed by atoms with Crippen molar-refractivity contribution in [2.24, 2.45) is 5.92 Å². The van der Waals surface area contributed by atoms with Gasteiger partial charge >= 0.3 is 0 Å². The summed E-state index contributed by atoms with van der Waals surface area (Å²) < 4.78 is 167. The third-order valence-electron chi connectivity index (χ3n) is 7.37. The van der Waals surface area contributed by atoms with Gasteiger partial charge in [-0.1, -0.05) is 76.2 Å². The van der Waals surface area contributed by atoms with Crippen LogP contribution in [0.4, 0.5) is 52.7 Å². The van der Waals surface area contributed by atoms with E-state index in [2.05, 4.69) is 0 Å². The van der Waals surface area contributed by atoms with Crippen molar-refractivity contribution in [2.45, 2.75) is 121 Å². The number of hydrogen-bond donors (Lipinski definition) is 0. The monoisotopic (exact) mass is 650 g/mol. The Morgan fingerprint density at radius 3 is 0.955 bits per heavy atom. The summed E-state index contributed by atoms with van der Waals surface area (Å²) in [5, 5.41) is 0. The Hall–Kier alpha value is -2.40. The van der Waals surface area contributed by atoms with Crippen LogP contribution >= 0.6 is 0 Å². The van der Waals surface area contributed by atoms with Crippen molar-refractivity contribution in [1.29, 1.82) is 0 Å². The summed E-state index contributed by atoms with van der Waals surface area (Å²) in [4.78, 5) is 0. The summed E-state index contributed by atoms with van der Waals surface area (Å²) in [6, 6.07) is 11.3. The molecule has 0 saturated heterocycles. The molecule has 2 aromatic rings. The van der Waals surface area contributed by atoms with E-state index in [9.17, 15) is 52.7 Å². The van der Waals surface area contributed by atoms with E-state index in [1.165, 1.54) is 48.5 Å². The molecule has 0 aliphatic carbocycles. The molecule has 0 amide bonds. The summed E-state index contributed by atoms with van der Waals surface area (Å²) in [6.07, 6.45) is -12.0. The highest BCUT2D eigenvalue weighted by molar-refractivity contribution is 5.36. The quantitative estimate of drug-likeness (QED) is 0.150. The van der Waals surface area contributed by atoms with Gasteiger partial charge in [0.05, 0.1) is 25.7 Å². The average molecular weight is 651 g/mol. The van der Waals surface area contributed by atoms with Crippen LogP contribution in [0.2, 0.25) is 0 Å². The van der Waals surface area contributed by atoms with Crippen LogP contribution in [0.3, 0.4) is 0 Å². The van der Waals surface area contributed by atoms with Gasteiger partial charge in [-0.25, -0.2) is 52.7 Å². The van der Waals surface area contributed by atoms with Crippen molar-refractivity contribution in [3.05, 3.63) is 70.8 Å². The zero-order valence-corrected chi connectivity index (χ0v) is 25.0. The highest BCUT2D eigenvalue weighted by Crippen LogP contribution is 2.42. The number of halogens is 12. The average Bonchev–Trinajstić information content (AvgIpc) is 2.82. The van der Waals surface area contributed by atoms with E-state index >= 15 is 0 Å². The fourth-order valence-electron chi connectivity index (χ4n) is 5.26. The summed E-state index contributed by atoms with van der Waals surface area (Å²) in [7, 11) is 0. The van der Waals surface area contributed by atoms with Gasteiger partial charge in [-0.2, -0.15) is 0 Å². The van der Waals surface area contributed by atoms with Gasteiger partial charge in [-0.05, 0) is 28.2 Å². The molecule has 0 atom stereocenters. The highest BCUT2D eigenvalue weighted by atomic mass is 19.3. The molecule has 250 valence electrons. The second-order valence-corrected chi connectivity index (χ2v) is 12.1. The third-order valence-corrected chi connectivity index (χ3v) is 7.37. The minimum absolute atomic E-state index is 0.00499. The SMILES string of the molecule is CCC(F)(F)CC(F)(F)CC(F)(F)Cc1ccc(C(c2ccc(CC(F)(F)CC(F)(F)CC(F)(F)CC)cc2)C(C)C)cc1. The fraction of sp³-hybridized carbons (Fsp3) is 0.625. The Labute approximate surface area is 250 Å². The Bertz CT molecular complexity index is 1080. The van der Waals surface area contributed by atoms with E-state index in [0.717, 1.165) is 13.8 Å². The van der Waals surface area contributed by atoms with Crippen molar-refractivity contribution in [1.82, 2.24) is 0 Å². The standard InChI is InChI=1S/C32H38F12/c1-5-27(33,34)17-31(41,42)19-29(37,38)15-22-7-11-24(12-8-22)26(21(3)4)25-13-9-23(10-14-25)16-30(39,40)20-32(43,44)18-28(35,36)6-2/h7-14,21,26H,5-6,15-20H2,1-4H3. The first-order chi connectivity index (χ1) is 19.9. The summed E-state index contributed by atoms with van der Waals surface area (Å²) in [6.45, 7) is 5.66. The molecule has 12 heteroatoms. The largest absolute Gasteiger partial charge is 0.259 e. The van der Waals surface area contributed by atoms with Gasteiger partial charge in [0, 0.05) is 31.6 Å². The molecular weight excluding hydrogens is 612 g/mol. The van der Waals surface area contributed by atoms with Crippen LogP contribution in [0, 0.1) is 5.92 Å². The summed E-state index contributed by atoms with van der Waals surface area (Å²) in [5.41, 5.74) is 1.28. The lowest BCUT2D eigenvalue weighted by molar-refractivity contribution is -0.158. The zero-order valence-electron chi connectivity index (χ0n) is 25.0. The van der Waals surface area contributed by atoms with Gasteiger partial charge in [-0.3, -0.25) is 0 Å². The Morgan fingerprint density at radius 1 is 0.432 bits per heavy atom. The van der Waals surface area contributed by atoms with Gasteiger partial charge in [0.25, 0.3) is 35.5 Å². The smallest absolute Gasteiger partial charge is 0.207 e. The molecule has 0 N–H and O–H groups in total. The molecule has 44 heavy (non-hydrogen) atoms. The van der Waals surface area contributed by atoms with Crippen LogP contribution in [0.5, 0.6) is 0 Å². The first-order valence-corrected chi connectivity index (χ1v) is 14.3. The minimum Gasteiger partial charge on any atom is -0.207 e. The lowest BCUT2D eigenvalue weighted by Gasteiger charge is -2.27. The van der Waals surface area contributed by atoms with Crippen LogP contribution in [0.1, 0.15) is 94.4 Å². The lowest BCUT2D eigenvalue weighted by atomic mass is 9.81. The maximum Gasteiger partial charge on any atom is 0.259 e. The minimum atomic E-state index is -4.27. The van der Waals surface area contributed by atoms with E-state index in [4.69, 9.17) is 0 Å². The first-order valence-electron chi connectivity index (χ1n) is 14.3. The Kier molecular flexibility index (Phi) is 12.0. The topological polar surface area (TPSA) is 0 Å². The van der Waals surface area contributed by atoms with Gasteiger partial charge in [0.2, 0.25) is 0 Å². The zero-order chi connectivity index (χ0) is 33.8. The summed E-state index contributed by atoms with van der Waals surface area (Å²) in [5.74, 6) is -24.4. The molecule has 0 spiro atoms. The maximum absolute atomic E-state index is 14.4. The molecular formula is C32H38F12. The molecule has 0 heterocycles. The number of alkyl halides is 12. The molecule has 0 aliphatic heterocycles. The molecule has 0 aromatic heterocycles. The maximum atomic E-state index is 14.4. The van der Waals surface area contributed by atoms with Gasteiger partial charge < -0.3 is 0 Å². The Morgan fingerprint density at radius 2 is 0.705 bits per heavy atom. The molecule has 0 nitrogen and oxygen atoms in total. The van der Waals surface area contributed by atoms with E-state index < -0.39 is 86.9 Å². The van der Waals surface area contributed by atoms with E-state index in [0.29, 0.717) is 11.1 Å². The van der Waals surface area contributed by atoms with Crippen LogP contribution in [-0.2, 0) is 12.8 Å². The molecule has 0 saturated carbocycles. The van der Waals surface area contributed by atoms with E-state index in [1.54, 1.807) is 0 Å². The molecule has 0 radical (unpaired) electrons. The third kappa shape index (κ3) is 12.2. The van der Waals surface area contributed by atoms with Crippen LogP contribution in [-0.4, -0.2) is 35.5 Å². The van der Waals surface area contributed by atoms with Gasteiger partial charge in [0.1, 0.15) is 0 Å². The van der Waals surface area contributed by atoms with Gasteiger partial charge in [-0.15, -0.1) is 0 Å². The Balaban J connectivity index is 2.14. The molecule has 2 rings (SSSR count). The van der Waals surface area contributed by atoms with Crippen LogP contribution < -0.4 is 0 Å². The highest BCUT2D eigenvalue weighted by Gasteiger charge is 2.50. The molecule has 0 aliphatic rings. The summed E-state index contributed by atoms with van der Waals surface area (Å²) >= 11 is 0. The first kappa shape index (κ1) is 37.8. The number of hydrogen-bond acceptors (Lipinski definition) is 0. The predicted octanol–water partition coefficient (Wildman–Crippen LogP) is 11.8. The second-order valence-electron chi connectivity index (χ2n) is 12.1. The van der Waals surface area contributed by atoms with Crippen molar-refractivity contribution < 1.29 is 52.7 Å². The molecule has 0 unspecified atom stereocenters. The van der Waals surface area contributed by atoms with Crippen molar-refractivity contribution in [2.75, 3.05) is 0 Å². The number of benzene rings is 2. The van der Waals surface area contributed by atoms with Crippen LogP contribution in [0.25, 0.3) is 0 Å². The lowest BCUT2D eigenvalue weighted by Crippen LogP contribution is -2.35. The predicted molar refractivity (Wildman–Crippen MR) is 146 cm³/mol. The molecule has 2 aromatic carbocycles.